The maximum absolute atomic E-state index is 13.2. The maximum atomic E-state index is 13.2. The van der Waals surface area contributed by atoms with Gasteiger partial charge in [0.15, 0.2) is 9.84 Å². The largest absolute Gasteiger partial charge is 0.264 e. The molecule has 0 N–H and O–H groups in total. The van der Waals surface area contributed by atoms with Crippen LogP contribution < -0.4 is 0 Å². The molecule has 0 bridgehead atoms. The SMILES string of the molecule is O=S1(=O)CC[C@@H](N(Cc2cccnc2)S(=O)(=O)c2ccccc2Br)C1. The third kappa shape index (κ3) is 4.11. The summed E-state index contributed by atoms with van der Waals surface area (Å²) < 4.78 is 52.0. The fourth-order valence-electron chi connectivity index (χ4n) is 2.86. The van der Waals surface area contributed by atoms with Gasteiger partial charge in [-0.3, -0.25) is 4.98 Å². The van der Waals surface area contributed by atoms with Gasteiger partial charge in [0.2, 0.25) is 10.0 Å². The Morgan fingerprint density at radius 3 is 2.56 bits per heavy atom. The molecule has 0 amide bonds. The van der Waals surface area contributed by atoms with Crippen molar-refractivity contribution in [3.05, 3.63) is 58.8 Å². The summed E-state index contributed by atoms with van der Waals surface area (Å²) in [4.78, 5) is 4.14. The molecule has 1 saturated heterocycles. The van der Waals surface area contributed by atoms with E-state index in [0.717, 1.165) is 0 Å². The monoisotopic (exact) mass is 444 g/mol. The molecule has 0 spiro atoms. The first-order valence-corrected chi connectivity index (χ1v) is 11.7. The molecule has 0 aliphatic carbocycles. The Kier molecular flexibility index (Phi) is 5.29. The highest BCUT2D eigenvalue weighted by Crippen LogP contribution is 2.30. The van der Waals surface area contributed by atoms with Gasteiger partial charge in [0.25, 0.3) is 0 Å². The number of hydrogen-bond acceptors (Lipinski definition) is 5. The molecule has 1 aliphatic rings. The molecule has 0 saturated carbocycles. The highest BCUT2D eigenvalue weighted by Gasteiger charge is 2.39. The first-order valence-electron chi connectivity index (χ1n) is 7.65. The number of rotatable bonds is 5. The van der Waals surface area contributed by atoms with Gasteiger partial charge in [-0.05, 0) is 46.1 Å². The predicted octanol–water partition coefficient (Wildman–Crippen LogP) is 2.22. The quantitative estimate of drug-likeness (QED) is 0.705. The van der Waals surface area contributed by atoms with Gasteiger partial charge in [-0.2, -0.15) is 4.31 Å². The van der Waals surface area contributed by atoms with Crippen molar-refractivity contribution < 1.29 is 16.8 Å². The smallest absolute Gasteiger partial charge is 0.244 e. The Hall–Kier alpha value is -1.29. The van der Waals surface area contributed by atoms with Crippen LogP contribution in [-0.2, 0) is 26.4 Å². The summed E-state index contributed by atoms with van der Waals surface area (Å²) in [6.07, 6.45) is 3.49. The molecule has 9 heteroatoms. The van der Waals surface area contributed by atoms with Crippen molar-refractivity contribution in [2.45, 2.75) is 23.9 Å². The summed E-state index contributed by atoms with van der Waals surface area (Å²) in [5.41, 5.74) is 0.711. The fraction of sp³-hybridized carbons (Fsp3) is 0.312. The van der Waals surface area contributed by atoms with Crippen molar-refractivity contribution in [2.24, 2.45) is 0 Å². The van der Waals surface area contributed by atoms with Crippen LogP contribution >= 0.6 is 15.9 Å². The van der Waals surface area contributed by atoms with Crippen molar-refractivity contribution in [2.75, 3.05) is 11.5 Å². The average molecular weight is 445 g/mol. The lowest BCUT2D eigenvalue weighted by Gasteiger charge is -2.27. The standard InChI is InChI=1S/C16H17BrN2O4S2/c17-15-5-1-2-6-16(15)25(22,23)19(11-13-4-3-8-18-10-13)14-7-9-24(20,21)12-14/h1-6,8,10,14H,7,9,11-12H2/t14-/m1/s1. The van der Waals surface area contributed by atoms with E-state index in [-0.39, 0.29) is 22.9 Å². The molecule has 2 aromatic rings. The second-order valence-corrected chi connectivity index (χ2v) is 10.8. The highest BCUT2D eigenvalue weighted by atomic mass is 79.9. The number of sulfone groups is 1. The number of sulfonamides is 1. The third-order valence-electron chi connectivity index (χ3n) is 4.10. The summed E-state index contributed by atoms with van der Waals surface area (Å²) in [5, 5.41) is 0. The maximum Gasteiger partial charge on any atom is 0.244 e. The zero-order chi connectivity index (χ0) is 18.1. The summed E-state index contributed by atoms with van der Waals surface area (Å²) in [6.45, 7) is 0.0810. The van der Waals surface area contributed by atoms with E-state index in [0.29, 0.717) is 16.5 Å². The Labute approximate surface area is 156 Å². The van der Waals surface area contributed by atoms with Crippen molar-refractivity contribution in [3.63, 3.8) is 0 Å². The molecule has 1 atom stereocenters. The van der Waals surface area contributed by atoms with Gasteiger partial charge in [0.05, 0.1) is 16.4 Å². The minimum Gasteiger partial charge on any atom is -0.264 e. The lowest BCUT2D eigenvalue weighted by Crippen LogP contribution is -2.40. The van der Waals surface area contributed by atoms with Crippen LogP contribution in [0.25, 0.3) is 0 Å². The summed E-state index contributed by atoms with van der Waals surface area (Å²) in [5.74, 6) is -0.149. The molecule has 0 radical (unpaired) electrons. The van der Waals surface area contributed by atoms with E-state index in [2.05, 4.69) is 20.9 Å². The van der Waals surface area contributed by atoms with Crippen molar-refractivity contribution in [3.8, 4) is 0 Å². The van der Waals surface area contributed by atoms with E-state index in [4.69, 9.17) is 0 Å². The molecule has 1 aliphatic heterocycles. The molecule has 6 nitrogen and oxygen atoms in total. The van der Waals surface area contributed by atoms with E-state index in [1.54, 1.807) is 42.7 Å². The lowest BCUT2D eigenvalue weighted by atomic mass is 10.2. The van der Waals surface area contributed by atoms with Crippen molar-refractivity contribution in [1.82, 2.24) is 9.29 Å². The number of halogens is 1. The second-order valence-electron chi connectivity index (χ2n) is 5.90. The van der Waals surface area contributed by atoms with E-state index >= 15 is 0 Å². The lowest BCUT2D eigenvalue weighted by molar-refractivity contribution is 0.334. The first-order chi connectivity index (χ1) is 11.8. The van der Waals surface area contributed by atoms with Crippen LogP contribution in [0.5, 0.6) is 0 Å². The molecule has 2 heterocycles. The van der Waals surface area contributed by atoms with Crippen LogP contribution in [0.1, 0.15) is 12.0 Å². The number of nitrogens with zero attached hydrogens (tertiary/aromatic N) is 2. The second kappa shape index (κ2) is 7.14. The minimum atomic E-state index is -3.87. The molecule has 0 unspecified atom stereocenters. The van der Waals surface area contributed by atoms with E-state index in [1.165, 1.54) is 10.4 Å². The van der Waals surface area contributed by atoms with Crippen LogP contribution in [-0.4, -0.2) is 43.7 Å². The molecule has 134 valence electrons. The molecule has 1 fully saturated rings. The Morgan fingerprint density at radius 2 is 1.96 bits per heavy atom. The summed E-state index contributed by atoms with van der Waals surface area (Å²) in [6, 6.07) is 9.46. The van der Waals surface area contributed by atoms with Gasteiger partial charge < -0.3 is 0 Å². The average Bonchev–Trinajstić information content (AvgIpc) is 2.93. The van der Waals surface area contributed by atoms with Gasteiger partial charge in [-0.15, -0.1) is 0 Å². The van der Waals surface area contributed by atoms with Gasteiger partial charge in [-0.25, -0.2) is 16.8 Å². The zero-order valence-electron chi connectivity index (χ0n) is 13.2. The number of hydrogen-bond donors (Lipinski definition) is 0. The van der Waals surface area contributed by atoms with Crippen LogP contribution in [0.2, 0.25) is 0 Å². The predicted molar refractivity (Wildman–Crippen MR) is 98.2 cm³/mol. The third-order valence-corrected chi connectivity index (χ3v) is 8.76. The molecular formula is C16H17BrN2O4S2. The Balaban J connectivity index is 2.03. The van der Waals surface area contributed by atoms with Crippen LogP contribution in [0, 0.1) is 0 Å². The summed E-state index contributed by atoms with van der Waals surface area (Å²) >= 11 is 3.28. The first kappa shape index (κ1) is 18.5. The van der Waals surface area contributed by atoms with Gasteiger partial charge >= 0.3 is 0 Å². The zero-order valence-corrected chi connectivity index (χ0v) is 16.5. The van der Waals surface area contributed by atoms with E-state index in [9.17, 15) is 16.8 Å². The number of aromatic nitrogens is 1. The highest BCUT2D eigenvalue weighted by molar-refractivity contribution is 9.10. The minimum absolute atomic E-state index is 0.00663. The molecule has 1 aromatic heterocycles. The molecule has 1 aromatic carbocycles. The van der Waals surface area contributed by atoms with Crippen LogP contribution in [0.4, 0.5) is 0 Å². The van der Waals surface area contributed by atoms with Crippen LogP contribution in [0.3, 0.4) is 0 Å². The topological polar surface area (TPSA) is 84.4 Å². The number of pyridine rings is 1. The van der Waals surface area contributed by atoms with E-state index < -0.39 is 25.9 Å². The van der Waals surface area contributed by atoms with Crippen LogP contribution in [0.15, 0.2) is 58.2 Å². The van der Waals surface area contributed by atoms with Gasteiger partial charge in [0.1, 0.15) is 0 Å². The van der Waals surface area contributed by atoms with Crippen molar-refractivity contribution in [1.29, 1.82) is 0 Å². The molecule has 25 heavy (non-hydrogen) atoms. The van der Waals surface area contributed by atoms with Gasteiger partial charge in [-0.1, -0.05) is 18.2 Å². The number of benzene rings is 1. The normalized spacial score (nSPS) is 20.0. The molecule has 3 rings (SSSR count). The summed E-state index contributed by atoms with van der Waals surface area (Å²) in [7, 11) is -7.09. The fourth-order valence-corrected chi connectivity index (χ4v) is 7.30. The van der Waals surface area contributed by atoms with E-state index in [1.807, 2.05) is 0 Å². The Morgan fingerprint density at radius 1 is 1.20 bits per heavy atom. The Bertz CT molecular complexity index is 963. The van der Waals surface area contributed by atoms with Gasteiger partial charge in [0, 0.05) is 29.5 Å². The molecular weight excluding hydrogens is 428 g/mol. The van der Waals surface area contributed by atoms with Crippen molar-refractivity contribution >= 4 is 35.8 Å².